The molecule has 6 heteroatoms. The van der Waals surface area contributed by atoms with Gasteiger partial charge in [0.25, 0.3) is 0 Å². The lowest BCUT2D eigenvalue weighted by Gasteiger charge is -2.25. The summed E-state index contributed by atoms with van der Waals surface area (Å²) >= 11 is 0. The van der Waals surface area contributed by atoms with Gasteiger partial charge in [0.1, 0.15) is 0 Å². The highest BCUT2D eigenvalue weighted by Crippen LogP contribution is 2.17. The third kappa shape index (κ3) is 5.25. The molecule has 0 aliphatic heterocycles. The van der Waals surface area contributed by atoms with Gasteiger partial charge in [-0.15, -0.1) is 0 Å². The van der Waals surface area contributed by atoms with E-state index in [-0.39, 0.29) is 12.1 Å². The fraction of sp³-hybridized carbons (Fsp3) is 0.353. The van der Waals surface area contributed by atoms with E-state index in [4.69, 9.17) is 0 Å². The Morgan fingerprint density at radius 2 is 1.96 bits per heavy atom. The summed E-state index contributed by atoms with van der Waals surface area (Å²) in [6.45, 7) is 3.41. The largest absolute Gasteiger partial charge is 0.384 e. The quantitative estimate of drug-likeness (QED) is 0.771. The number of urea groups is 1. The van der Waals surface area contributed by atoms with E-state index < -0.39 is 0 Å². The first-order valence-corrected chi connectivity index (χ1v) is 7.73. The van der Waals surface area contributed by atoms with E-state index in [9.17, 15) is 4.79 Å². The Morgan fingerprint density at radius 1 is 1.17 bits per heavy atom. The van der Waals surface area contributed by atoms with Crippen molar-refractivity contribution in [2.75, 3.05) is 25.5 Å². The van der Waals surface area contributed by atoms with Gasteiger partial charge in [0.2, 0.25) is 0 Å². The molecule has 2 aromatic rings. The number of amides is 2. The van der Waals surface area contributed by atoms with E-state index in [1.165, 1.54) is 0 Å². The zero-order valence-corrected chi connectivity index (χ0v) is 13.6. The molecule has 0 saturated heterocycles. The first kappa shape index (κ1) is 16.7. The van der Waals surface area contributed by atoms with Crippen LogP contribution in [0.5, 0.6) is 0 Å². The second-order valence-electron chi connectivity index (χ2n) is 5.32. The van der Waals surface area contributed by atoms with E-state index in [1.807, 2.05) is 31.2 Å². The predicted molar refractivity (Wildman–Crippen MR) is 91.2 cm³/mol. The van der Waals surface area contributed by atoms with Crippen molar-refractivity contribution in [1.82, 2.24) is 20.2 Å². The minimum atomic E-state index is -0.0734. The lowest BCUT2D eigenvalue weighted by Crippen LogP contribution is -2.39. The van der Waals surface area contributed by atoms with Crippen molar-refractivity contribution < 1.29 is 4.79 Å². The topological polar surface area (TPSA) is 70.2 Å². The van der Waals surface area contributed by atoms with Gasteiger partial charge < -0.3 is 15.5 Å². The van der Waals surface area contributed by atoms with E-state index in [2.05, 4.69) is 20.6 Å². The standard InChI is InChI=1S/C17H23N5O/c1-14(15-6-11-18-12-7-15)22(2)17(23)21-10-4-9-20-16-5-3-8-19-13-16/h3,5-8,11-14,20H,4,9-10H2,1-2H3,(H,21,23). The number of hydrogen-bond acceptors (Lipinski definition) is 4. The Morgan fingerprint density at radius 3 is 2.65 bits per heavy atom. The van der Waals surface area contributed by atoms with Crippen molar-refractivity contribution >= 4 is 11.7 Å². The number of nitrogens with zero attached hydrogens (tertiary/aromatic N) is 3. The fourth-order valence-electron chi connectivity index (χ4n) is 2.15. The molecule has 1 unspecified atom stereocenters. The van der Waals surface area contributed by atoms with Crippen LogP contribution in [0.4, 0.5) is 10.5 Å². The Labute approximate surface area is 137 Å². The molecule has 2 amide bonds. The summed E-state index contributed by atoms with van der Waals surface area (Å²) in [5.74, 6) is 0. The van der Waals surface area contributed by atoms with Crippen molar-refractivity contribution in [2.45, 2.75) is 19.4 Å². The minimum absolute atomic E-state index is 0.00604. The van der Waals surface area contributed by atoms with E-state index >= 15 is 0 Å². The number of carbonyl (C=O) groups excluding carboxylic acids is 1. The van der Waals surface area contributed by atoms with Crippen LogP contribution in [0.25, 0.3) is 0 Å². The van der Waals surface area contributed by atoms with Crippen LogP contribution in [0.1, 0.15) is 24.9 Å². The number of aromatic nitrogens is 2. The zero-order chi connectivity index (χ0) is 16.5. The van der Waals surface area contributed by atoms with Crippen LogP contribution in [-0.4, -0.2) is 41.0 Å². The average molecular weight is 313 g/mol. The SMILES string of the molecule is CC(c1ccncc1)N(C)C(=O)NCCCNc1cccnc1. The zero-order valence-electron chi connectivity index (χ0n) is 13.6. The van der Waals surface area contributed by atoms with Gasteiger partial charge in [0.05, 0.1) is 11.7 Å². The van der Waals surface area contributed by atoms with Crippen molar-refractivity contribution in [3.8, 4) is 0 Å². The number of pyridine rings is 2. The lowest BCUT2D eigenvalue weighted by molar-refractivity contribution is 0.194. The monoisotopic (exact) mass is 313 g/mol. The molecule has 0 radical (unpaired) electrons. The molecule has 0 aromatic carbocycles. The Bertz CT molecular complexity index is 590. The van der Waals surface area contributed by atoms with Crippen LogP contribution in [0.2, 0.25) is 0 Å². The molecule has 2 heterocycles. The van der Waals surface area contributed by atoms with Gasteiger partial charge in [-0.25, -0.2) is 4.79 Å². The van der Waals surface area contributed by atoms with Crippen molar-refractivity contribution in [1.29, 1.82) is 0 Å². The number of hydrogen-bond donors (Lipinski definition) is 2. The maximum Gasteiger partial charge on any atom is 0.317 e. The van der Waals surface area contributed by atoms with E-state index in [1.54, 1.807) is 36.7 Å². The Kier molecular flexibility index (Phi) is 6.35. The molecule has 0 spiro atoms. The maximum absolute atomic E-state index is 12.2. The second kappa shape index (κ2) is 8.73. The van der Waals surface area contributed by atoms with Gasteiger partial charge in [-0.2, -0.15) is 0 Å². The third-order valence-electron chi connectivity index (χ3n) is 3.71. The molecule has 0 saturated carbocycles. The molecular formula is C17H23N5O. The second-order valence-corrected chi connectivity index (χ2v) is 5.32. The molecule has 0 fully saturated rings. The maximum atomic E-state index is 12.2. The van der Waals surface area contributed by atoms with Gasteiger partial charge in [-0.3, -0.25) is 9.97 Å². The smallest absolute Gasteiger partial charge is 0.317 e. The Hall–Kier alpha value is -2.63. The van der Waals surface area contributed by atoms with Crippen molar-refractivity contribution in [2.24, 2.45) is 0 Å². The van der Waals surface area contributed by atoms with E-state index in [0.717, 1.165) is 24.2 Å². The van der Waals surface area contributed by atoms with Crippen LogP contribution in [0, 0.1) is 0 Å². The molecule has 0 aliphatic rings. The summed E-state index contributed by atoms with van der Waals surface area (Å²) in [4.78, 5) is 21.9. The summed E-state index contributed by atoms with van der Waals surface area (Å²) in [5, 5.41) is 6.20. The van der Waals surface area contributed by atoms with Crippen molar-refractivity contribution in [3.05, 3.63) is 54.6 Å². The summed E-state index contributed by atoms with van der Waals surface area (Å²) in [6, 6.07) is 7.63. The van der Waals surface area contributed by atoms with Crippen molar-refractivity contribution in [3.63, 3.8) is 0 Å². The van der Waals surface area contributed by atoms with Crippen LogP contribution < -0.4 is 10.6 Å². The molecule has 2 N–H and O–H groups in total. The first-order valence-electron chi connectivity index (χ1n) is 7.73. The molecule has 2 rings (SSSR count). The molecular weight excluding hydrogens is 290 g/mol. The van der Waals surface area contributed by atoms with Gasteiger partial charge in [0, 0.05) is 44.9 Å². The molecule has 2 aromatic heterocycles. The van der Waals surface area contributed by atoms with Gasteiger partial charge in [-0.1, -0.05) is 0 Å². The first-order chi connectivity index (χ1) is 11.2. The lowest BCUT2D eigenvalue weighted by atomic mass is 10.1. The molecule has 1 atom stereocenters. The van der Waals surface area contributed by atoms with Gasteiger partial charge in [-0.05, 0) is 43.2 Å². The van der Waals surface area contributed by atoms with Crippen LogP contribution in [0.15, 0.2) is 49.1 Å². The number of rotatable bonds is 7. The number of nitrogens with one attached hydrogen (secondary N) is 2. The highest BCUT2D eigenvalue weighted by molar-refractivity contribution is 5.74. The minimum Gasteiger partial charge on any atom is -0.384 e. The number of anilines is 1. The summed E-state index contributed by atoms with van der Waals surface area (Å²) < 4.78 is 0. The summed E-state index contributed by atoms with van der Waals surface area (Å²) in [6.07, 6.45) is 7.84. The van der Waals surface area contributed by atoms with Crippen LogP contribution >= 0.6 is 0 Å². The van der Waals surface area contributed by atoms with E-state index in [0.29, 0.717) is 6.54 Å². The third-order valence-corrected chi connectivity index (χ3v) is 3.71. The molecule has 23 heavy (non-hydrogen) atoms. The normalized spacial score (nSPS) is 11.6. The predicted octanol–water partition coefficient (Wildman–Crippen LogP) is 2.68. The highest BCUT2D eigenvalue weighted by Gasteiger charge is 2.16. The summed E-state index contributed by atoms with van der Waals surface area (Å²) in [5.41, 5.74) is 2.05. The van der Waals surface area contributed by atoms with Gasteiger partial charge >= 0.3 is 6.03 Å². The molecule has 122 valence electrons. The number of carbonyl (C=O) groups is 1. The van der Waals surface area contributed by atoms with Crippen LogP contribution in [-0.2, 0) is 0 Å². The Balaban J connectivity index is 1.68. The highest BCUT2D eigenvalue weighted by atomic mass is 16.2. The molecule has 6 nitrogen and oxygen atoms in total. The molecule has 0 aliphatic carbocycles. The molecule has 0 bridgehead atoms. The fourth-order valence-corrected chi connectivity index (χ4v) is 2.15. The summed E-state index contributed by atoms with van der Waals surface area (Å²) in [7, 11) is 1.80. The van der Waals surface area contributed by atoms with Gasteiger partial charge in [0.15, 0.2) is 0 Å². The van der Waals surface area contributed by atoms with Crippen LogP contribution in [0.3, 0.4) is 0 Å². The average Bonchev–Trinajstić information content (AvgIpc) is 2.61.